The number of hydrogen-bond donors (Lipinski definition) is 0. The molecule has 0 bridgehead atoms. The summed E-state index contributed by atoms with van der Waals surface area (Å²) in [6.07, 6.45) is 3.67. The molecular weight excluding hydrogens is 282 g/mol. The van der Waals surface area contributed by atoms with E-state index in [-0.39, 0.29) is 0 Å². The first-order chi connectivity index (χ1) is 10.4. The first kappa shape index (κ1) is 15.9. The number of methoxy groups -OCH3 is 3. The van der Waals surface area contributed by atoms with Crippen molar-refractivity contribution in [2.45, 2.75) is 19.4 Å². The van der Waals surface area contributed by atoms with Gasteiger partial charge in [0.05, 0.1) is 21.3 Å². The largest absolute Gasteiger partial charge is 0.493 e. The molecule has 118 valence electrons. The lowest BCUT2D eigenvalue weighted by Gasteiger charge is -2.12. The normalized spacial score (nSPS) is 16.4. The Morgan fingerprint density at radius 3 is 2.05 bits per heavy atom. The third-order valence-corrected chi connectivity index (χ3v) is 3.41. The van der Waals surface area contributed by atoms with Crippen molar-refractivity contribution in [3.05, 3.63) is 36.1 Å². The van der Waals surface area contributed by atoms with Crippen LogP contribution in [-0.4, -0.2) is 32.8 Å². The Hall–Kier alpha value is -2.43. The van der Waals surface area contributed by atoms with Gasteiger partial charge in [-0.3, -0.25) is 0 Å². The third-order valence-electron chi connectivity index (χ3n) is 3.41. The van der Waals surface area contributed by atoms with Crippen LogP contribution in [0.3, 0.4) is 0 Å². The minimum atomic E-state index is -0.394. The molecule has 0 aromatic heterocycles. The fraction of sp³-hybridized carbons (Fsp3) is 0.353. The molecule has 0 aliphatic carbocycles. The van der Waals surface area contributed by atoms with E-state index in [1.807, 2.05) is 32.1 Å². The van der Waals surface area contributed by atoms with Gasteiger partial charge in [0, 0.05) is 6.08 Å². The number of nitrogens with zero attached hydrogens (tertiary/aromatic N) is 1. The molecule has 2 rings (SSSR count). The molecule has 0 spiro atoms. The van der Waals surface area contributed by atoms with Crippen LogP contribution < -0.4 is 14.2 Å². The summed E-state index contributed by atoms with van der Waals surface area (Å²) in [6.45, 7) is 7.77. The summed E-state index contributed by atoms with van der Waals surface area (Å²) in [5.74, 6) is 2.92. The predicted molar refractivity (Wildman–Crippen MR) is 86.9 cm³/mol. The maximum Gasteiger partial charge on any atom is 0.215 e. The van der Waals surface area contributed by atoms with Gasteiger partial charge in [-0.25, -0.2) is 4.99 Å². The fourth-order valence-corrected chi connectivity index (χ4v) is 2.05. The van der Waals surface area contributed by atoms with Crippen molar-refractivity contribution in [3.8, 4) is 17.2 Å². The van der Waals surface area contributed by atoms with Crippen LogP contribution in [-0.2, 0) is 4.74 Å². The van der Waals surface area contributed by atoms with Crippen LogP contribution in [0.2, 0.25) is 0 Å². The average molecular weight is 303 g/mol. The van der Waals surface area contributed by atoms with Gasteiger partial charge in [-0.2, -0.15) is 0 Å². The molecule has 1 aromatic carbocycles. The molecular formula is C17H21NO4. The molecule has 0 amide bonds. The highest BCUT2D eigenvalue weighted by Gasteiger charge is 2.30. The zero-order valence-corrected chi connectivity index (χ0v) is 13.6. The number of ether oxygens (including phenoxy) is 4. The van der Waals surface area contributed by atoms with Gasteiger partial charge in [0.2, 0.25) is 11.6 Å². The summed E-state index contributed by atoms with van der Waals surface area (Å²) in [4.78, 5) is 4.46. The van der Waals surface area contributed by atoms with Gasteiger partial charge in [-0.15, -0.1) is 0 Å². The van der Waals surface area contributed by atoms with Gasteiger partial charge in [0.15, 0.2) is 11.5 Å². The lowest BCUT2D eigenvalue weighted by atomic mass is 10.1. The van der Waals surface area contributed by atoms with Crippen LogP contribution in [0.5, 0.6) is 17.2 Å². The van der Waals surface area contributed by atoms with Crippen molar-refractivity contribution < 1.29 is 18.9 Å². The Morgan fingerprint density at radius 1 is 1.05 bits per heavy atom. The van der Waals surface area contributed by atoms with Crippen LogP contribution in [0.1, 0.15) is 19.4 Å². The molecule has 0 unspecified atom stereocenters. The van der Waals surface area contributed by atoms with E-state index in [0.29, 0.717) is 28.9 Å². The van der Waals surface area contributed by atoms with Crippen LogP contribution in [0.4, 0.5) is 0 Å². The van der Waals surface area contributed by atoms with Crippen LogP contribution in [0.25, 0.3) is 6.08 Å². The molecule has 1 aliphatic heterocycles. The molecule has 0 N–H and O–H groups in total. The zero-order chi connectivity index (χ0) is 16.3. The van der Waals surface area contributed by atoms with E-state index in [4.69, 9.17) is 18.9 Å². The Labute approximate surface area is 130 Å². The first-order valence-electron chi connectivity index (χ1n) is 6.86. The predicted octanol–water partition coefficient (Wildman–Crippen LogP) is 3.45. The summed E-state index contributed by atoms with van der Waals surface area (Å²) in [5.41, 5.74) is 0.491. The van der Waals surface area contributed by atoms with Crippen LogP contribution in [0, 0.1) is 0 Å². The molecule has 0 radical (unpaired) electrons. The number of benzene rings is 1. The van der Waals surface area contributed by atoms with E-state index < -0.39 is 5.54 Å². The number of hydrogen-bond acceptors (Lipinski definition) is 5. The van der Waals surface area contributed by atoms with Crippen molar-refractivity contribution in [1.82, 2.24) is 0 Å². The highest BCUT2D eigenvalue weighted by molar-refractivity contribution is 5.94. The topological polar surface area (TPSA) is 49.3 Å². The number of rotatable bonds is 5. The standard InChI is InChI=1S/C17H21NO4/c1-11-17(2,3)18-15(22-11)8-7-12-9-13(19-4)16(21-6)14(10-12)20-5/h7-10H,1H2,2-6H3. The molecule has 0 fully saturated rings. The Morgan fingerprint density at radius 2 is 1.64 bits per heavy atom. The van der Waals surface area contributed by atoms with Crippen LogP contribution in [0.15, 0.2) is 35.5 Å². The summed E-state index contributed by atoms with van der Waals surface area (Å²) in [7, 11) is 4.74. The molecule has 1 aromatic rings. The van der Waals surface area contributed by atoms with E-state index in [1.54, 1.807) is 27.4 Å². The van der Waals surface area contributed by atoms with Crippen molar-refractivity contribution in [2.24, 2.45) is 4.99 Å². The molecule has 1 heterocycles. The van der Waals surface area contributed by atoms with Gasteiger partial charge in [0.25, 0.3) is 0 Å². The van der Waals surface area contributed by atoms with Crippen molar-refractivity contribution in [2.75, 3.05) is 21.3 Å². The van der Waals surface area contributed by atoms with Crippen molar-refractivity contribution in [3.63, 3.8) is 0 Å². The average Bonchev–Trinajstić information content (AvgIpc) is 2.76. The van der Waals surface area contributed by atoms with E-state index in [9.17, 15) is 0 Å². The monoisotopic (exact) mass is 303 g/mol. The van der Waals surface area contributed by atoms with Gasteiger partial charge in [-0.1, -0.05) is 6.58 Å². The van der Waals surface area contributed by atoms with Gasteiger partial charge >= 0.3 is 0 Å². The smallest absolute Gasteiger partial charge is 0.215 e. The lowest BCUT2D eigenvalue weighted by Crippen LogP contribution is -2.14. The van der Waals surface area contributed by atoms with E-state index >= 15 is 0 Å². The Balaban J connectivity index is 2.31. The summed E-state index contributed by atoms with van der Waals surface area (Å²) in [6, 6.07) is 3.71. The molecule has 5 heteroatoms. The fourth-order valence-electron chi connectivity index (χ4n) is 2.05. The van der Waals surface area contributed by atoms with E-state index in [2.05, 4.69) is 11.6 Å². The van der Waals surface area contributed by atoms with Crippen molar-refractivity contribution in [1.29, 1.82) is 0 Å². The second-order valence-electron chi connectivity index (χ2n) is 5.33. The summed E-state index contributed by atoms with van der Waals surface area (Å²) >= 11 is 0. The lowest BCUT2D eigenvalue weighted by molar-refractivity contribution is 0.324. The maximum atomic E-state index is 5.54. The molecule has 0 saturated carbocycles. The number of aliphatic imine (C=N–C) groups is 1. The van der Waals surface area contributed by atoms with E-state index in [0.717, 1.165) is 5.56 Å². The second kappa shape index (κ2) is 6.13. The maximum absolute atomic E-state index is 5.54. The zero-order valence-electron chi connectivity index (χ0n) is 13.6. The molecule has 1 aliphatic rings. The Kier molecular flexibility index (Phi) is 4.45. The highest BCUT2D eigenvalue weighted by Crippen LogP contribution is 2.38. The molecule has 22 heavy (non-hydrogen) atoms. The van der Waals surface area contributed by atoms with Crippen LogP contribution >= 0.6 is 0 Å². The van der Waals surface area contributed by atoms with Gasteiger partial charge in [0.1, 0.15) is 11.3 Å². The molecule has 5 nitrogen and oxygen atoms in total. The quantitative estimate of drug-likeness (QED) is 0.836. The SMILES string of the molecule is C=C1OC(C=Cc2cc(OC)c(OC)c(OC)c2)=NC1(C)C. The van der Waals surface area contributed by atoms with E-state index in [1.165, 1.54) is 0 Å². The minimum absolute atomic E-state index is 0.394. The highest BCUT2D eigenvalue weighted by atomic mass is 16.5. The minimum Gasteiger partial charge on any atom is -0.493 e. The second-order valence-corrected chi connectivity index (χ2v) is 5.33. The molecule has 0 saturated heterocycles. The van der Waals surface area contributed by atoms with Gasteiger partial charge < -0.3 is 18.9 Å². The van der Waals surface area contributed by atoms with Crippen molar-refractivity contribution >= 4 is 12.0 Å². The van der Waals surface area contributed by atoms with Gasteiger partial charge in [-0.05, 0) is 37.6 Å². The molecule has 0 atom stereocenters. The summed E-state index contributed by atoms with van der Waals surface area (Å²) in [5, 5.41) is 0. The third kappa shape index (κ3) is 3.08. The summed E-state index contributed by atoms with van der Waals surface area (Å²) < 4.78 is 21.5. The first-order valence-corrected chi connectivity index (χ1v) is 6.86. The Bertz CT molecular complexity index is 619.